The van der Waals surface area contributed by atoms with Crippen LogP contribution in [0.3, 0.4) is 0 Å². The van der Waals surface area contributed by atoms with Gasteiger partial charge in [0.2, 0.25) is 0 Å². The summed E-state index contributed by atoms with van der Waals surface area (Å²) in [5.41, 5.74) is 2.53. The van der Waals surface area contributed by atoms with Crippen LogP contribution in [0.2, 0.25) is 0 Å². The molecule has 0 radical (unpaired) electrons. The minimum atomic E-state index is 0.605. The number of aromatic nitrogens is 2. The van der Waals surface area contributed by atoms with Gasteiger partial charge in [-0.05, 0) is 38.3 Å². The van der Waals surface area contributed by atoms with Crippen molar-refractivity contribution >= 4 is 10.9 Å². The lowest BCUT2D eigenvalue weighted by atomic mass is 10.0. The molecule has 1 aliphatic rings. The van der Waals surface area contributed by atoms with Gasteiger partial charge in [-0.1, -0.05) is 25.1 Å². The molecule has 1 aromatic carbocycles. The number of para-hydroxylation sites is 1. The fourth-order valence-corrected chi connectivity index (χ4v) is 2.96. The predicted molar refractivity (Wildman–Crippen MR) is 79.3 cm³/mol. The molecule has 3 heteroatoms. The van der Waals surface area contributed by atoms with Gasteiger partial charge in [0.1, 0.15) is 0 Å². The maximum absolute atomic E-state index is 4.82. The van der Waals surface area contributed by atoms with Crippen molar-refractivity contribution in [3.63, 3.8) is 0 Å². The number of rotatable bonds is 6. The Kier molecular flexibility index (Phi) is 3.56. The van der Waals surface area contributed by atoms with E-state index in [2.05, 4.69) is 48.1 Å². The first-order valence-electron chi connectivity index (χ1n) is 7.51. The van der Waals surface area contributed by atoms with Crippen molar-refractivity contribution in [1.29, 1.82) is 0 Å². The molecule has 0 bridgehead atoms. The van der Waals surface area contributed by atoms with Crippen molar-refractivity contribution in [3.05, 3.63) is 30.0 Å². The molecule has 19 heavy (non-hydrogen) atoms. The zero-order chi connectivity index (χ0) is 13.2. The molecular formula is C16H23N3. The summed E-state index contributed by atoms with van der Waals surface area (Å²) in [6.45, 7) is 6.34. The SMILES string of the molecule is CCNC(Cc1nn(CC)c2ccccc12)C1CC1. The Morgan fingerprint density at radius 3 is 2.79 bits per heavy atom. The third-order valence-corrected chi connectivity index (χ3v) is 4.10. The zero-order valence-corrected chi connectivity index (χ0v) is 11.9. The number of fused-ring (bicyclic) bond motifs is 1. The van der Waals surface area contributed by atoms with E-state index in [-0.39, 0.29) is 0 Å². The number of likely N-dealkylation sites (N-methyl/N-ethyl adjacent to an activating group) is 1. The Bertz CT molecular complexity index is 554. The number of nitrogens with zero attached hydrogens (tertiary/aromatic N) is 2. The highest BCUT2D eigenvalue weighted by Gasteiger charge is 2.31. The first-order valence-corrected chi connectivity index (χ1v) is 7.51. The first-order chi connectivity index (χ1) is 9.33. The third kappa shape index (κ3) is 2.52. The van der Waals surface area contributed by atoms with Gasteiger partial charge in [-0.2, -0.15) is 5.10 Å². The fourth-order valence-electron chi connectivity index (χ4n) is 2.96. The minimum absolute atomic E-state index is 0.605. The van der Waals surface area contributed by atoms with Crippen molar-refractivity contribution in [2.24, 2.45) is 5.92 Å². The van der Waals surface area contributed by atoms with E-state index in [9.17, 15) is 0 Å². The number of aryl methyl sites for hydroxylation is 1. The largest absolute Gasteiger partial charge is 0.314 e. The quantitative estimate of drug-likeness (QED) is 0.862. The fraction of sp³-hybridized carbons (Fsp3) is 0.562. The van der Waals surface area contributed by atoms with E-state index < -0.39 is 0 Å². The van der Waals surface area contributed by atoms with E-state index in [1.807, 2.05) is 0 Å². The van der Waals surface area contributed by atoms with Crippen molar-refractivity contribution in [1.82, 2.24) is 15.1 Å². The lowest BCUT2D eigenvalue weighted by Crippen LogP contribution is -2.33. The van der Waals surface area contributed by atoms with Crippen LogP contribution < -0.4 is 5.32 Å². The highest BCUT2D eigenvalue weighted by atomic mass is 15.3. The number of benzene rings is 1. The number of hydrogen-bond donors (Lipinski definition) is 1. The molecule has 102 valence electrons. The summed E-state index contributed by atoms with van der Waals surface area (Å²) in [6, 6.07) is 9.21. The summed E-state index contributed by atoms with van der Waals surface area (Å²) in [5.74, 6) is 0.866. The van der Waals surface area contributed by atoms with Crippen LogP contribution in [0.15, 0.2) is 24.3 Å². The number of hydrogen-bond acceptors (Lipinski definition) is 2. The van der Waals surface area contributed by atoms with Gasteiger partial charge in [-0.25, -0.2) is 0 Å². The minimum Gasteiger partial charge on any atom is -0.314 e. The van der Waals surface area contributed by atoms with Gasteiger partial charge in [0, 0.05) is 24.4 Å². The van der Waals surface area contributed by atoms with Gasteiger partial charge in [0.15, 0.2) is 0 Å². The topological polar surface area (TPSA) is 29.9 Å². The van der Waals surface area contributed by atoms with Crippen LogP contribution in [0.5, 0.6) is 0 Å². The lowest BCUT2D eigenvalue weighted by molar-refractivity contribution is 0.466. The summed E-state index contributed by atoms with van der Waals surface area (Å²) in [6.07, 6.45) is 3.82. The monoisotopic (exact) mass is 257 g/mol. The van der Waals surface area contributed by atoms with E-state index >= 15 is 0 Å². The van der Waals surface area contributed by atoms with Crippen molar-refractivity contribution in [2.45, 2.75) is 45.7 Å². The van der Waals surface area contributed by atoms with Gasteiger partial charge >= 0.3 is 0 Å². The molecule has 1 atom stereocenters. The molecule has 1 saturated carbocycles. The van der Waals surface area contributed by atoms with Gasteiger partial charge in [0.05, 0.1) is 11.2 Å². The molecule has 0 aliphatic heterocycles. The average Bonchev–Trinajstić information content (AvgIpc) is 3.22. The van der Waals surface area contributed by atoms with Crippen LogP contribution in [0.4, 0.5) is 0 Å². The smallest absolute Gasteiger partial charge is 0.0718 e. The molecular weight excluding hydrogens is 234 g/mol. The van der Waals surface area contributed by atoms with Gasteiger partial charge < -0.3 is 5.32 Å². The second kappa shape index (κ2) is 5.33. The molecule has 2 aromatic rings. The van der Waals surface area contributed by atoms with Crippen LogP contribution >= 0.6 is 0 Å². The normalized spacial score (nSPS) is 16.9. The van der Waals surface area contributed by atoms with E-state index in [1.54, 1.807) is 0 Å². The molecule has 1 aromatic heterocycles. The lowest BCUT2D eigenvalue weighted by Gasteiger charge is -2.15. The second-order valence-electron chi connectivity index (χ2n) is 5.49. The van der Waals surface area contributed by atoms with E-state index in [4.69, 9.17) is 5.10 Å². The Morgan fingerprint density at radius 1 is 1.32 bits per heavy atom. The Balaban J connectivity index is 1.91. The van der Waals surface area contributed by atoms with E-state index in [1.165, 1.54) is 29.4 Å². The molecule has 0 spiro atoms. The standard InChI is InChI=1S/C16H23N3/c1-3-17-14(12-9-10-12)11-15-13-7-5-6-8-16(13)19(4-2)18-15/h5-8,12,14,17H,3-4,9-11H2,1-2H3. The summed E-state index contributed by atoms with van der Waals surface area (Å²) in [5, 5.41) is 9.78. The molecule has 3 rings (SSSR count). The molecule has 3 nitrogen and oxygen atoms in total. The van der Waals surface area contributed by atoms with Crippen molar-refractivity contribution in [3.8, 4) is 0 Å². The molecule has 1 unspecified atom stereocenters. The average molecular weight is 257 g/mol. The second-order valence-corrected chi connectivity index (χ2v) is 5.49. The Labute approximate surface area is 115 Å². The van der Waals surface area contributed by atoms with Crippen molar-refractivity contribution in [2.75, 3.05) is 6.54 Å². The van der Waals surface area contributed by atoms with Crippen LogP contribution in [-0.2, 0) is 13.0 Å². The zero-order valence-electron chi connectivity index (χ0n) is 11.9. The van der Waals surface area contributed by atoms with Crippen LogP contribution in [0.1, 0.15) is 32.4 Å². The molecule has 1 heterocycles. The molecule has 0 saturated heterocycles. The number of nitrogens with one attached hydrogen (secondary N) is 1. The maximum Gasteiger partial charge on any atom is 0.0718 e. The maximum atomic E-state index is 4.82. The Morgan fingerprint density at radius 2 is 2.11 bits per heavy atom. The summed E-state index contributed by atoms with van der Waals surface area (Å²) >= 11 is 0. The highest BCUT2D eigenvalue weighted by Crippen LogP contribution is 2.34. The molecule has 1 N–H and O–H groups in total. The highest BCUT2D eigenvalue weighted by molar-refractivity contribution is 5.82. The third-order valence-electron chi connectivity index (χ3n) is 4.10. The van der Waals surface area contributed by atoms with Gasteiger partial charge in [-0.3, -0.25) is 4.68 Å². The molecule has 1 fully saturated rings. The van der Waals surface area contributed by atoms with Crippen LogP contribution in [0, 0.1) is 5.92 Å². The van der Waals surface area contributed by atoms with Crippen LogP contribution in [-0.4, -0.2) is 22.4 Å². The summed E-state index contributed by atoms with van der Waals surface area (Å²) in [7, 11) is 0. The van der Waals surface area contributed by atoms with E-state index in [0.29, 0.717) is 6.04 Å². The van der Waals surface area contributed by atoms with Crippen molar-refractivity contribution < 1.29 is 0 Å². The first kappa shape index (κ1) is 12.7. The molecule has 0 amide bonds. The summed E-state index contributed by atoms with van der Waals surface area (Å²) in [4.78, 5) is 0. The Hall–Kier alpha value is -1.35. The van der Waals surface area contributed by atoms with Crippen LogP contribution in [0.25, 0.3) is 10.9 Å². The van der Waals surface area contributed by atoms with E-state index in [0.717, 1.165) is 25.4 Å². The predicted octanol–water partition coefficient (Wildman–Crippen LogP) is 2.99. The summed E-state index contributed by atoms with van der Waals surface area (Å²) < 4.78 is 2.13. The van der Waals surface area contributed by atoms with Gasteiger partial charge in [0.25, 0.3) is 0 Å². The molecule has 1 aliphatic carbocycles. The van der Waals surface area contributed by atoms with Gasteiger partial charge in [-0.15, -0.1) is 0 Å².